The van der Waals surface area contributed by atoms with Crippen LogP contribution in [-0.2, 0) is 11.3 Å². The van der Waals surface area contributed by atoms with E-state index in [0.29, 0.717) is 6.10 Å². The number of rotatable bonds is 5. The van der Waals surface area contributed by atoms with Gasteiger partial charge in [0.1, 0.15) is 0 Å². The largest absolute Gasteiger partial charge is 0.376 e. The first kappa shape index (κ1) is 13.0. The summed E-state index contributed by atoms with van der Waals surface area (Å²) in [7, 11) is 2.14. The van der Waals surface area contributed by atoms with Gasteiger partial charge in [0.2, 0.25) is 0 Å². The summed E-state index contributed by atoms with van der Waals surface area (Å²) in [4.78, 5) is 6.79. The lowest BCUT2D eigenvalue weighted by atomic mass is 10.2. The Kier molecular flexibility index (Phi) is 4.91. The molecule has 0 aromatic carbocycles. The zero-order valence-electron chi connectivity index (χ0n) is 10.6. The molecule has 5 heteroatoms. The molecular weight excluding hydrogens is 234 g/mol. The van der Waals surface area contributed by atoms with Gasteiger partial charge in [-0.25, -0.2) is 4.98 Å². The highest BCUT2D eigenvalue weighted by molar-refractivity contribution is 7.09. The summed E-state index contributed by atoms with van der Waals surface area (Å²) < 4.78 is 5.68. The van der Waals surface area contributed by atoms with Crippen molar-refractivity contribution in [2.24, 2.45) is 0 Å². The number of ether oxygens (including phenoxy) is 1. The monoisotopic (exact) mass is 255 g/mol. The number of thiazole rings is 1. The van der Waals surface area contributed by atoms with E-state index in [0.717, 1.165) is 44.2 Å². The maximum atomic E-state index is 5.68. The van der Waals surface area contributed by atoms with Crippen LogP contribution in [0, 0.1) is 6.92 Å². The molecule has 1 fully saturated rings. The summed E-state index contributed by atoms with van der Waals surface area (Å²) in [6, 6.07) is 0. The Morgan fingerprint density at radius 2 is 2.53 bits per heavy atom. The molecule has 96 valence electrons. The van der Waals surface area contributed by atoms with Gasteiger partial charge < -0.3 is 15.0 Å². The van der Waals surface area contributed by atoms with Crippen molar-refractivity contribution < 1.29 is 4.74 Å². The number of nitrogens with one attached hydrogen (secondary N) is 1. The maximum Gasteiger partial charge on any atom is 0.0897 e. The predicted octanol–water partition coefficient (Wildman–Crippen LogP) is 1.26. The third-order valence-electron chi connectivity index (χ3n) is 2.94. The van der Waals surface area contributed by atoms with Crippen molar-refractivity contribution >= 4 is 11.3 Å². The number of morpholine rings is 1. The van der Waals surface area contributed by atoms with Crippen LogP contribution in [0.25, 0.3) is 0 Å². The highest BCUT2D eigenvalue weighted by atomic mass is 32.1. The van der Waals surface area contributed by atoms with Crippen LogP contribution < -0.4 is 5.32 Å². The Morgan fingerprint density at radius 1 is 1.65 bits per heavy atom. The van der Waals surface area contributed by atoms with Gasteiger partial charge in [0, 0.05) is 31.6 Å². The van der Waals surface area contributed by atoms with Crippen molar-refractivity contribution in [1.82, 2.24) is 15.2 Å². The van der Waals surface area contributed by atoms with E-state index < -0.39 is 0 Å². The van der Waals surface area contributed by atoms with Crippen LogP contribution in [0.3, 0.4) is 0 Å². The van der Waals surface area contributed by atoms with Crippen LogP contribution in [0.2, 0.25) is 0 Å². The molecule has 1 N–H and O–H groups in total. The minimum Gasteiger partial charge on any atom is -0.376 e. The fourth-order valence-electron chi connectivity index (χ4n) is 2.01. The summed E-state index contributed by atoms with van der Waals surface area (Å²) >= 11 is 1.72. The van der Waals surface area contributed by atoms with Crippen LogP contribution in [-0.4, -0.2) is 49.3 Å². The SMILES string of the molecule is Cc1nc(CN(C)CCC2CNCCO2)cs1. The van der Waals surface area contributed by atoms with E-state index in [9.17, 15) is 0 Å². The van der Waals surface area contributed by atoms with Crippen LogP contribution in [0.4, 0.5) is 0 Å². The standard InChI is InChI=1S/C12H21N3OS/c1-10-14-11(9-17-10)8-15(2)5-3-12-7-13-4-6-16-12/h9,12-13H,3-8H2,1-2H3. The second kappa shape index (κ2) is 6.44. The zero-order valence-corrected chi connectivity index (χ0v) is 11.4. The van der Waals surface area contributed by atoms with Gasteiger partial charge in [0.05, 0.1) is 23.4 Å². The molecular formula is C12H21N3OS. The Labute approximate surface area is 107 Å². The van der Waals surface area contributed by atoms with E-state index in [1.807, 2.05) is 0 Å². The van der Waals surface area contributed by atoms with Gasteiger partial charge in [0.15, 0.2) is 0 Å². The normalized spacial score (nSPS) is 21.0. The van der Waals surface area contributed by atoms with E-state index >= 15 is 0 Å². The molecule has 1 unspecified atom stereocenters. The molecule has 1 atom stereocenters. The average Bonchev–Trinajstić information content (AvgIpc) is 2.73. The van der Waals surface area contributed by atoms with Crippen LogP contribution in [0.15, 0.2) is 5.38 Å². The molecule has 4 nitrogen and oxygen atoms in total. The molecule has 0 bridgehead atoms. The summed E-state index contributed by atoms with van der Waals surface area (Å²) in [6.07, 6.45) is 1.47. The number of hydrogen-bond acceptors (Lipinski definition) is 5. The van der Waals surface area contributed by atoms with Crippen LogP contribution >= 0.6 is 11.3 Å². The number of hydrogen-bond donors (Lipinski definition) is 1. The number of aromatic nitrogens is 1. The minimum absolute atomic E-state index is 0.378. The van der Waals surface area contributed by atoms with Crippen LogP contribution in [0.5, 0.6) is 0 Å². The molecule has 0 aliphatic carbocycles. The molecule has 2 heterocycles. The van der Waals surface area contributed by atoms with Gasteiger partial charge in [-0.15, -0.1) is 11.3 Å². The van der Waals surface area contributed by atoms with Crippen molar-refractivity contribution in [1.29, 1.82) is 0 Å². The molecule has 0 amide bonds. The van der Waals surface area contributed by atoms with Gasteiger partial charge in [-0.3, -0.25) is 0 Å². The second-order valence-electron chi connectivity index (χ2n) is 4.58. The average molecular weight is 255 g/mol. The first-order chi connectivity index (χ1) is 8.24. The Morgan fingerprint density at radius 3 is 3.18 bits per heavy atom. The summed E-state index contributed by atoms with van der Waals surface area (Å²) in [5.41, 5.74) is 1.18. The second-order valence-corrected chi connectivity index (χ2v) is 5.64. The van der Waals surface area contributed by atoms with Crippen molar-refractivity contribution in [3.8, 4) is 0 Å². The Bertz CT molecular complexity index is 336. The highest BCUT2D eigenvalue weighted by Gasteiger charge is 2.14. The lowest BCUT2D eigenvalue weighted by Gasteiger charge is -2.25. The van der Waals surface area contributed by atoms with Gasteiger partial charge >= 0.3 is 0 Å². The molecule has 0 radical (unpaired) electrons. The molecule has 1 aliphatic rings. The lowest BCUT2D eigenvalue weighted by molar-refractivity contribution is 0.0183. The molecule has 1 saturated heterocycles. The van der Waals surface area contributed by atoms with Gasteiger partial charge in [-0.05, 0) is 20.4 Å². The van der Waals surface area contributed by atoms with E-state index in [4.69, 9.17) is 4.74 Å². The first-order valence-electron chi connectivity index (χ1n) is 6.16. The maximum absolute atomic E-state index is 5.68. The predicted molar refractivity (Wildman–Crippen MR) is 70.4 cm³/mol. The van der Waals surface area contributed by atoms with Gasteiger partial charge in [0.25, 0.3) is 0 Å². The van der Waals surface area contributed by atoms with Crippen molar-refractivity contribution in [2.45, 2.75) is 26.0 Å². The lowest BCUT2D eigenvalue weighted by Crippen LogP contribution is -2.40. The summed E-state index contributed by atoms with van der Waals surface area (Å²) in [5.74, 6) is 0. The molecule has 1 aliphatic heterocycles. The fraction of sp³-hybridized carbons (Fsp3) is 0.750. The molecule has 2 rings (SSSR count). The van der Waals surface area contributed by atoms with Crippen molar-refractivity contribution in [2.75, 3.05) is 33.3 Å². The summed E-state index contributed by atoms with van der Waals surface area (Å²) in [6.45, 7) is 6.87. The Balaban J connectivity index is 1.68. The van der Waals surface area contributed by atoms with Gasteiger partial charge in [-0.1, -0.05) is 0 Å². The smallest absolute Gasteiger partial charge is 0.0897 e. The van der Waals surface area contributed by atoms with E-state index in [-0.39, 0.29) is 0 Å². The molecule has 1 aromatic heterocycles. The fourth-order valence-corrected chi connectivity index (χ4v) is 2.61. The highest BCUT2D eigenvalue weighted by Crippen LogP contribution is 2.10. The molecule has 1 aromatic rings. The number of nitrogens with zero attached hydrogens (tertiary/aromatic N) is 2. The van der Waals surface area contributed by atoms with Crippen molar-refractivity contribution in [3.05, 3.63) is 16.1 Å². The van der Waals surface area contributed by atoms with E-state index in [1.54, 1.807) is 11.3 Å². The quantitative estimate of drug-likeness (QED) is 0.859. The van der Waals surface area contributed by atoms with Gasteiger partial charge in [-0.2, -0.15) is 0 Å². The van der Waals surface area contributed by atoms with E-state index in [2.05, 4.69) is 34.6 Å². The molecule has 0 spiro atoms. The van der Waals surface area contributed by atoms with E-state index in [1.165, 1.54) is 5.69 Å². The topological polar surface area (TPSA) is 37.4 Å². The summed E-state index contributed by atoms with van der Waals surface area (Å²) in [5, 5.41) is 6.65. The zero-order chi connectivity index (χ0) is 12.1. The number of aryl methyl sites for hydroxylation is 1. The van der Waals surface area contributed by atoms with Crippen LogP contribution in [0.1, 0.15) is 17.1 Å². The molecule has 17 heavy (non-hydrogen) atoms. The molecule has 0 saturated carbocycles. The third kappa shape index (κ3) is 4.35. The van der Waals surface area contributed by atoms with Crippen molar-refractivity contribution in [3.63, 3.8) is 0 Å². The minimum atomic E-state index is 0.378. The Hall–Kier alpha value is -0.490. The first-order valence-corrected chi connectivity index (χ1v) is 7.04. The third-order valence-corrected chi connectivity index (χ3v) is 3.76.